The van der Waals surface area contributed by atoms with Gasteiger partial charge in [0.25, 0.3) is 0 Å². The summed E-state index contributed by atoms with van der Waals surface area (Å²) in [5, 5.41) is 3.73. The molecule has 0 aliphatic carbocycles. The Balaban J connectivity index is 1.36. The molecule has 1 amide bonds. The molecule has 1 aliphatic heterocycles. The molecule has 0 spiro atoms. The van der Waals surface area contributed by atoms with E-state index in [2.05, 4.69) is 20.1 Å². The number of methoxy groups -OCH3 is 1. The van der Waals surface area contributed by atoms with Gasteiger partial charge in [-0.15, -0.1) is 11.8 Å². The number of aromatic nitrogens is 1. The molecule has 1 aliphatic rings. The van der Waals surface area contributed by atoms with E-state index in [0.717, 1.165) is 16.3 Å². The number of rotatable bonds is 6. The van der Waals surface area contributed by atoms with E-state index in [9.17, 15) is 4.79 Å². The van der Waals surface area contributed by atoms with Gasteiger partial charge >= 0.3 is 0 Å². The van der Waals surface area contributed by atoms with Gasteiger partial charge < -0.3 is 14.8 Å². The maximum absolute atomic E-state index is 12.5. The van der Waals surface area contributed by atoms with Crippen LogP contribution in [0.5, 0.6) is 17.2 Å². The summed E-state index contributed by atoms with van der Waals surface area (Å²) >= 11 is 1.39. The molecule has 2 aromatic carbocycles. The lowest BCUT2D eigenvalue weighted by molar-refractivity contribution is -0.113. The zero-order valence-electron chi connectivity index (χ0n) is 16.7. The molecule has 0 unspecified atom stereocenters. The molecule has 0 fully saturated rings. The highest BCUT2D eigenvalue weighted by Crippen LogP contribution is 2.34. The van der Waals surface area contributed by atoms with Gasteiger partial charge in [-0.2, -0.15) is 0 Å². The smallest absolute Gasteiger partial charge is 0.234 e. The zero-order chi connectivity index (χ0) is 21.6. The van der Waals surface area contributed by atoms with Gasteiger partial charge in [0.05, 0.1) is 42.1 Å². The van der Waals surface area contributed by atoms with Crippen LogP contribution in [0.4, 0.5) is 17.1 Å². The van der Waals surface area contributed by atoms with Crippen molar-refractivity contribution in [3.8, 4) is 17.2 Å². The third-order valence-electron chi connectivity index (χ3n) is 4.47. The van der Waals surface area contributed by atoms with Crippen LogP contribution in [-0.4, -0.2) is 28.8 Å². The maximum Gasteiger partial charge on any atom is 0.234 e. The van der Waals surface area contributed by atoms with Gasteiger partial charge in [-0.05, 0) is 35.9 Å². The molecular weight excluding hydrogens is 412 g/mol. The minimum atomic E-state index is -0.162. The van der Waals surface area contributed by atoms with Crippen LogP contribution in [0.1, 0.15) is 5.56 Å². The Morgan fingerprint density at radius 3 is 2.90 bits per heavy atom. The number of carbonyl (C=O) groups is 1. The average molecular weight is 430 g/mol. The Kier molecular flexibility index (Phi) is 6.15. The number of nitrogens with zero attached hydrogens (tertiary/aromatic N) is 3. The van der Waals surface area contributed by atoms with Crippen molar-refractivity contribution in [2.24, 2.45) is 4.99 Å². The molecule has 2 heterocycles. The Hall–Kier alpha value is -3.83. The lowest BCUT2D eigenvalue weighted by atomic mass is 10.1. The van der Waals surface area contributed by atoms with E-state index < -0.39 is 0 Å². The van der Waals surface area contributed by atoms with Crippen molar-refractivity contribution in [2.75, 3.05) is 18.2 Å². The molecule has 3 aromatic rings. The normalized spacial score (nSPS) is 11.8. The van der Waals surface area contributed by atoms with Crippen LogP contribution in [0.15, 0.2) is 65.9 Å². The zero-order valence-corrected chi connectivity index (χ0v) is 17.5. The highest BCUT2D eigenvalue weighted by molar-refractivity contribution is 8.14. The molecule has 0 saturated heterocycles. The number of pyridine rings is 1. The van der Waals surface area contributed by atoms with Crippen LogP contribution in [0.3, 0.4) is 0 Å². The second-order valence-corrected chi connectivity index (χ2v) is 7.65. The first-order valence-electron chi connectivity index (χ1n) is 9.41. The van der Waals surface area contributed by atoms with Crippen molar-refractivity contribution >= 4 is 39.8 Å². The van der Waals surface area contributed by atoms with Crippen LogP contribution in [0, 0.1) is 6.57 Å². The summed E-state index contributed by atoms with van der Waals surface area (Å²) in [6, 6.07) is 14.3. The maximum atomic E-state index is 12.5. The summed E-state index contributed by atoms with van der Waals surface area (Å²) in [6.45, 7) is 7.10. The number of anilines is 1. The number of hydrogen-bond acceptors (Lipinski definition) is 6. The fraction of sp³-hybridized carbons (Fsp3) is 0.130. The number of benzene rings is 2. The van der Waals surface area contributed by atoms with Crippen molar-refractivity contribution in [1.82, 2.24) is 4.98 Å². The lowest BCUT2D eigenvalue weighted by Gasteiger charge is -2.12. The third kappa shape index (κ3) is 5.02. The van der Waals surface area contributed by atoms with Crippen molar-refractivity contribution in [3.05, 3.63) is 77.9 Å². The summed E-state index contributed by atoms with van der Waals surface area (Å²) in [5.41, 5.74) is 3.00. The summed E-state index contributed by atoms with van der Waals surface area (Å²) in [4.78, 5) is 24.4. The van der Waals surface area contributed by atoms with E-state index in [-0.39, 0.29) is 11.7 Å². The number of ether oxygens (including phenoxy) is 2. The summed E-state index contributed by atoms with van der Waals surface area (Å²) in [5.74, 6) is 1.75. The predicted octanol–water partition coefficient (Wildman–Crippen LogP) is 5.39. The summed E-state index contributed by atoms with van der Waals surface area (Å²) in [7, 11) is 1.54. The minimum Gasteiger partial charge on any atom is -0.494 e. The molecule has 4 rings (SSSR count). The van der Waals surface area contributed by atoms with Gasteiger partial charge in [-0.1, -0.05) is 12.1 Å². The van der Waals surface area contributed by atoms with E-state index in [1.165, 1.54) is 18.9 Å². The number of thioether (sulfide) groups is 1. The Bertz CT molecular complexity index is 1190. The third-order valence-corrected chi connectivity index (χ3v) is 5.45. The summed E-state index contributed by atoms with van der Waals surface area (Å²) in [6.07, 6.45) is 3.96. The first-order chi connectivity index (χ1) is 15.1. The largest absolute Gasteiger partial charge is 0.494 e. The standard InChI is InChI=1S/C23H18N4O3S/c1-24-16-6-5-15-10-23(27-20(15)11-16)31-14-22(28)26-19-8-7-17(12-21(19)29-2)30-18-4-3-9-25-13-18/h3-9,11-13H,10,14H2,2H3,(H,26,28). The molecule has 7 nitrogen and oxygen atoms in total. The molecule has 0 radical (unpaired) electrons. The Morgan fingerprint density at radius 1 is 1.23 bits per heavy atom. The number of nitrogens with one attached hydrogen (secondary N) is 1. The molecule has 0 atom stereocenters. The topological polar surface area (TPSA) is 77.2 Å². The van der Waals surface area contributed by atoms with Crippen LogP contribution in [-0.2, 0) is 11.2 Å². The van der Waals surface area contributed by atoms with Gasteiger partial charge in [0, 0.05) is 18.7 Å². The Morgan fingerprint density at radius 2 is 2.13 bits per heavy atom. The van der Waals surface area contributed by atoms with Gasteiger partial charge in [-0.3, -0.25) is 9.78 Å². The van der Waals surface area contributed by atoms with Gasteiger partial charge in [0.2, 0.25) is 5.91 Å². The first-order valence-corrected chi connectivity index (χ1v) is 10.4. The molecule has 0 saturated carbocycles. The second kappa shape index (κ2) is 9.32. The second-order valence-electron chi connectivity index (χ2n) is 6.60. The molecule has 31 heavy (non-hydrogen) atoms. The van der Waals surface area contributed by atoms with Gasteiger partial charge in [0.15, 0.2) is 5.69 Å². The van der Waals surface area contributed by atoms with Crippen molar-refractivity contribution < 1.29 is 14.3 Å². The lowest BCUT2D eigenvalue weighted by Crippen LogP contribution is -2.16. The molecule has 1 N–H and O–H groups in total. The van der Waals surface area contributed by atoms with Crippen molar-refractivity contribution in [2.45, 2.75) is 6.42 Å². The SMILES string of the molecule is [C-]#[N+]c1ccc2c(c1)N=C(SCC(=O)Nc1ccc(Oc3cccnc3)cc1OC)C2. The van der Waals surface area contributed by atoms with Crippen LogP contribution in [0.2, 0.25) is 0 Å². The summed E-state index contributed by atoms with van der Waals surface area (Å²) < 4.78 is 11.2. The minimum absolute atomic E-state index is 0.162. The van der Waals surface area contributed by atoms with Crippen LogP contribution in [0.25, 0.3) is 4.85 Å². The van der Waals surface area contributed by atoms with Crippen molar-refractivity contribution in [1.29, 1.82) is 0 Å². The first kappa shape index (κ1) is 20.4. The monoisotopic (exact) mass is 430 g/mol. The van der Waals surface area contributed by atoms with E-state index in [1.54, 1.807) is 54.9 Å². The average Bonchev–Trinajstić information content (AvgIpc) is 3.21. The predicted molar refractivity (Wildman–Crippen MR) is 122 cm³/mol. The fourth-order valence-electron chi connectivity index (χ4n) is 3.01. The number of aliphatic imine (C=N–C) groups is 1. The highest BCUT2D eigenvalue weighted by atomic mass is 32.2. The van der Waals surface area contributed by atoms with Crippen molar-refractivity contribution in [3.63, 3.8) is 0 Å². The molecule has 1 aromatic heterocycles. The van der Waals surface area contributed by atoms with Gasteiger partial charge in [-0.25, -0.2) is 9.84 Å². The molecule has 8 heteroatoms. The quantitative estimate of drug-likeness (QED) is 0.531. The van der Waals surface area contributed by atoms with E-state index in [0.29, 0.717) is 35.0 Å². The molecule has 0 bridgehead atoms. The molecular formula is C23H18N4O3S. The van der Waals surface area contributed by atoms with Crippen LogP contribution < -0.4 is 14.8 Å². The Labute approximate surface area is 184 Å². The van der Waals surface area contributed by atoms with E-state index in [1.807, 2.05) is 6.07 Å². The van der Waals surface area contributed by atoms with E-state index >= 15 is 0 Å². The van der Waals surface area contributed by atoms with E-state index in [4.69, 9.17) is 16.0 Å². The fourth-order valence-corrected chi connectivity index (χ4v) is 3.80. The molecule has 154 valence electrons. The van der Waals surface area contributed by atoms with Crippen LogP contribution >= 0.6 is 11.8 Å². The number of carbonyl (C=O) groups excluding carboxylic acids is 1. The van der Waals surface area contributed by atoms with Gasteiger partial charge in [0.1, 0.15) is 17.2 Å². The number of hydrogen-bond donors (Lipinski definition) is 1. The highest BCUT2D eigenvalue weighted by Gasteiger charge is 2.17. The number of amides is 1. The number of fused-ring (bicyclic) bond motifs is 1.